The lowest BCUT2D eigenvalue weighted by molar-refractivity contribution is -0.111. The van der Waals surface area contributed by atoms with Gasteiger partial charge >= 0.3 is 0 Å². The van der Waals surface area contributed by atoms with Gasteiger partial charge in [0.2, 0.25) is 5.43 Å². The number of ether oxygens (including phenoxy) is 3. The van der Waals surface area contributed by atoms with Crippen molar-refractivity contribution >= 4 is 68.4 Å². The summed E-state index contributed by atoms with van der Waals surface area (Å²) in [5.41, 5.74) is -0.0856. The highest BCUT2D eigenvalue weighted by Crippen LogP contribution is 2.27. The topological polar surface area (TPSA) is 90.3 Å². The molecule has 2 amide bonds. The van der Waals surface area contributed by atoms with E-state index < -0.39 is 23.5 Å². The van der Waals surface area contributed by atoms with Gasteiger partial charge in [-0.25, -0.2) is 0 Å². The quantitative estimate of drug-likeness (QED) is 0.326. The van der Waals surface area contributed by atoms with E-state index in [-0.39, 0.29) is 30.2 Å². The van der Waals surface area contributed by atoms with E-state index in [1.807, 2.05) is 30.3 Å². The second kappa shape index (κ2) is 12.5. The Hall–Kier alpha value is -2.29. The monoisotopic (exact) mass is 579 g/mol. The molecule has 0 unspecified atom stereocenters. The lowest BCUT2D eigenvalue weighted by Crippen LogP contribution is -2.39. The van der Waals surface area contributed by atoms with Gasteiger partial charge in [0.1, 0.15) is 20.8 Å². The molecule has 9 nitrogen and oxygen atoms in total. The van der Waals surface area contributed by atoms with Gasteiger partial charge < -0.3 is 18.8 Å². The molecular formula is C24H25N3O6S4. The molecule has 13 heteroatoms. The Morgan fingerprint density at radius 1 is 0.973 bits per heavy atom. The van der Waals surface area contributed by atoms with Crippen LogP contribution in [0.2, 0.25) is 0 Å². The molecule has 0 saturated carbocycles. The second-order valence-corrected chi connectivity index (χ2v) is 11.5. The van der Waals surface area contributed by atoms with Crippen molar-refractivity contribution in [3.8, 4) is 5.75 Å². The average Bonchev–Trinajstić information content (AvgIpc) is 3.54. The van der Waals surface area contributed by atoms with Crippen LogP contribution < -0.4 is 10.2 Å². The lowest BCUT2D eigenvalue weighted by Gasteiger charge is -2.25. The number of thiocarbonyl (C=S) groups is 2. The van der Waals surface area contributed by atoms with Crippen molar-refractivity contribution < 1.29 is 23.8 Å². The molecule has 2 fully saturated rings. The molecule has 4 rings (SSSR count). The van der Waals surface area contributed by atoms with E-state index in [9.17, 15) is 14.4 Å². The smallest absolute Gasteiger partial charge is 0.279 e. The van der Waals surface area contributed by atoms with Gasteiger partial charge in [-0.2, -0.15) is 0 Å². The molecule has 0 spiro atoms. The summed E-state index contributed by atoms with van der Waals surface area (Å²) in [5, 5.41) is 0. The van der Waals surface area contributed by atoms with Crippen LogP contribution in [0.25, 0.3) is 0 Å². The largest absolute Gasteiger partial charge is 0.483 e. The van der Waals surface area contributed by atoms with Crippen molar-refractivity contribution in [2.24, 2.45) is 0 Å². The van der Waals surface area contributed by atoms with Gasteiger partial charge in [-0.05, 0) is 5.56 Å². The predicted octanol–water partition coefficient (Wildman–Crippen LogP) is 2.99. The van der Waals surface area contributed by atoms with Crippen molar-refractivity contribution in [3.05, 3.63) is 63.6 Å². The second-order valence-electron chi connectivity index (χ2n) is 8.02. The van der Waals surface area contributed by atoms with Gasteiger partial charge in [0, 0.05) is 45.0 Å². The maximum atomic E-state index is 13.8. The molecule has 196 valence electrons. The first-order chi connectivity index (χ1) is 17.8. The maximum absolute atomic E-state index is 13.8. The molecule has 1 aromatic heterocycles. The first kappa shape index (κ1) is 27.7. The molecule has 37 heavy (non-hydrogen) atoms. The van der Waals surface area contributed by atoms with Crippen molar-refractivity contribution in [2.75, 3.05) is 38.8 Å². The highest BCUT2D eigenvalue weighted by Gasteiger charge is 2.35. The van der Waals surface area contributed by atoms with Crippen molar-refractivity contribution in [1.82, 2.24) is 14.4 Å². The standard InChI is InChI=1S/C24H25N3O6S4/c1-31-17(32-2)13-25-12-16(21(29)26-8-10-36-23(26)34)19(28)20(33-14-15-6-4-3-5-7-15)18(25)22(30)27-9-11-37-24(27)35/h3-7,12,17H,8-11,13-14H2,1-2H3. The van der Waals surface area contributed by atoms with Crippen LogP contribution in [0.1, 0.15) is 26.4 Å². The average molecular weight is 580 g/mol. The minimum absolute atomic E-state index is 0.0170. The van der Waals surface area contributed by atoms with E-state index in [0.29, 0.717) is 33.2 Å². The SMILES string of the molecule is COC(Cn1cc(C(=O)N2CCSC2=S)c(=O)c(OCc2ccccc2)c1C(=O)N1CCSC1=S)OC. The minimum atomic E-state index is -0.762. The molecule has 2 aliphatic heterocycles. The number of amides is 2. The summed E-state index contributed by atoms with van der Waals surface area (Å²) >= 11 is 13.4. The van der Waals surface area contributed by atoms with Gasteiger partial charge in [0.25, 0.3) is 11.8 Å². The minimum Gasteiger partial charge on any atom is -0.483 e. The van der Waals surface area contributed by atoms with Crippen LogP contribution in [0.15, 0.2) is 41.3 Å². The van der Waals surface area contributed by atoms with Crippen molar-refractivity contribution in [3.63, 3.8) is 0 Å². The number of carbonyl (C=O) groups is 2. The molecule has 2 aliphatic rings. The maximum Gasteiger partial charge on any atom is 0.279 e. The highest BCUT2D eigenvalue weighted by molar-refractivity contribution is 8.23. The number of carbonyl (C=O) groups excluding carboxylic acids is 2. The van der Waals surface area contributed by atoms with Gasteiger partial charge in [-0.1, -0.05) is 78.3 Å². The summed E-state index contributed by atoms with van der Waals surface area (Å²) in [4.78, 5) is 43.8. The van der Waals surface area contributed by atoms with Gasteiger partial charge in [0.05, 0.1) is 6.54 Å². The number of rotatable bonds is 9. The molecule has 0 atom stereocenters. The van der Waals surface area contributed by atoms with Crippen LogP contribution in [0.3, 0.4) is 0 Å². The molecule has 2 aromatic rings. The molecule has 1 aromatic carbocycles. The number of nitrogens with zero attached hydrogens (tertiary/aromatic N) is 3. The van der Waals surface area contributed by atoms with Crippen LogP contribution in [-0.2, 0) is 22.6 Å². The molecular weight excluding hydrogens is 555 g/mol. The first-order valence-electron chi connectivity index (χ1n) is 11.3. The summed E-state index contributed by atoms with van der Waals surface area (Å²) in [7, 11) is 2.92. The molecule has 0 radical (unpaired) electrons. The summed E-state index contributed by atoms with van der Waals surface area (Å²) in [6, 6.07) is 9.23. The molecule has 0 bridgehead atoms. The van der Waals surface area contributed by atoms with Gasteiger partial charge in [-0.15, -0.1) is 0 Å². The van der Waals surface area contributed by atoms with Crippen LogP contribution in [0, 0.1) is 0 Å². The van der Waals surface area contributed by atoms with Crippen LogP contribution >= 0.6 is 48.0 Å². The Kier molecular flexibility index (Phi) is 9.37. The molecule has 3 heterocycles. The molecule has 0 N–H and O–H groups in total. The van der Waals surface area contributed by atoms with Crippen LogP contribution in [0.5, 0.6) is 5.75 Å². The first-order valence-corrected chi connectivity index (χ1v) is 14.1. The number of pyridine rings is 1. The number of benzene rings is 1. The van der Waals surface area contributed by atoms with E-state index in [4.69, 9.17) is 38.6 Å². The Labute approximate surface area is 233 Å². The third-order valence-corrected chi connectivity index (χ3v) is 8.64. The molecule has 2 saturated heterocycles. The summed E-state index contributed by atoms with van der Waals surface area (Å²) in [5.74, 6) is 0.0205. The zero-order chi connectivity index (χ0) is 26.5. The molecule has 0 aliphatic carbocycles. The summed E-state index contributed by atoms with van der Waals surface area (Å²) in [6.07, 6.45) is 0.596. The summed E-state index contributed by atoms with van der Waals surface area (Å²) in [6.45, 7) is 0.819. The fourth-order valence-electron chi connectivity index (χ4n) is 3.85. The van der Waals surface area contributed by atoms with E-state index in [0.717, 1.165) is 5.56 Å². The Morgan fingerprint density at radius 3 is 2.11 bits per heavy atom. The Balaban J connectivity index is 1.87. The normalized spacial score (nSPS) is 15.6. The fourth-order valence-corrected chi connectivity index (χ4v) is 6.26. The van der Waals surface area contributed by atoms with Crippen LogP contribution in [0.4, 0.5) is 0 Å². The number of methoxy groups -OCH3 is 2. The van der Waals surface area contributed by atoms with E-state index >= 15 is 0 Å². The number of thioether (sulfide) groups is 2. The van der Waals surface area contributed by atoms with E-state index in [1.54, 1.807) is 0 Å². The zero-order valence-corrected chi connectivity index (χ0v) is 23.5. The van der Waals surface area contributed by atoms with Gasteiger partial charge in [-0.3, -0.25) is 24.2 Å². The predicted molar refractivity (Wildman–Crippen MR) is 151 cm³/mol. The number of hydrogen-bond donors (Lipinski definition) is 0. The van der Waals surface area contributed by atoms with Crippen molar-refractivity contribution in [1.29, 1.82) is 0 Å². The Bertz CT molecular complexity index is 1270. The Morgan fingerprint density at radius 2 is 1.57 bits per heavy atom. The fraction of sp³-hybridized carbons (Fsp3) is 0.375. The zero-order valence-electron chi connectivity index (χ0n) is 20.2. The van der Waals surface area contributed by atoms with E-state index in [1.165, 1.54) is 58.3 Å². The van der Waals surface area contributed by atoms with Crippen LogP contribution in [-0.4, -0.2) is 79.9 Å². The van der Waals surface area contributed by atoms with Crippen molar-refractivity contribution in [2.45, 2.75) is 19.4 Å². The lowest BCUT2D eigenvalue weighted by atomic mass is 10.1. The summed E-state index contributed by atoms with van der Waals surface area (Å²) < 4.78 is 19.0. The third kappa shape index (κ3) is 6.07. The third-order valence-electron chi connectivity index (χ3n) is 5.78. The number of hydrogen-bond acceptors (Lipinski definition) is 10. The van der Waals surface area contributed by atoms with Gasteiger partial charge in [0.15, 0.2) is 17.7 Å². The van der Waals surface area contributed by atoms with E-state index in [2.05, 4.69) is 0 Å². The number of aromatic nitrogens is 1. The highest BCUT2D eigenvalue weighted by atomic mass is 32.2.